The van der Waals surface area contributed by atoms with Crippen LogP contribution < -0.4 is 4.90 Å². The summed E-state index contributed by atoms with van der Waals surface area (Å²) >= 11 is 6.17. The third-order valence-electron chi connectivity index (χ3n) is 7.38. The number of esters is 1. The van der Waals surface area contributed by atoms with Gasteiger partial charge >= 0.3 is 5.97 Å². The highest BCUT2D eigenvalue weighted by molar-refractivity contribution is 6.32. The van der Waals surface area contributed by atoms with Crippen LogP contribution in [0.15, 0.2) is 78.9 Å². The Hall–Kier alpha value is -3.70. The third kappa shape index (κ3) is 2.53. The van der Waals surface area contributed by atoms with Crippen LogP contribution in [0.3, 0.4) is 0 Å². The topological polar surface area (TPSA) is 63.7 Å². The van der Waals surface area contributed by atoms with Crippen LogP contribution in [-0.2, 0) is 9.53 Å². The smallest absolute Gasteiger partial charge is 0.329 e. The first-order chi connectivity index (χ1) is 16.5. The molecule has 0 unspecified atom stereocenters. The van der Waals surface area contributed by atoms with Gasteiger partial charge in [-0.05, 0) is 29.3 Å². The first kappa shape index (κ1) is 20.9. The number of rotatable bonds is 2. The van der Waals surface area contributed by atoms with Crippen LogP contribution in [0.2, 0.25) is 5.02 Å². The second-order valence-corrected chi connectivity index (χ2v) is 9.28. The van der Waals surface area contributed by atoms with Crippen molar-refractivity contribution in [2.45, 2.75) is 18.0 Å². The maximum absolute atomic E-state index is 14.2. The zero-order valence-corrected chi connectivity index (χ0v) is 19.0. The van der Waals surface area contributed by atoms with Crippen LogP contribution in [0.5, 0.6) is 0 Å². The van der Waals surface area contributed by atoms with E-state index in [9.17, 15) is 14.4 Å². The van der Waals surface area contributed by atoms with Crippen molar-refractivity contribution in [2.75, 3.05) is 12.0 Å². The molecule has 0 radical (unpaired) electrons. The standard InChI is InChI=1S/C28H20ClNO4/c1-34-27(33)24-23(17-10-13-18(29)14-11-17)28(25(31)19-7-3-4-8-20(19)26(28)32)22-15-12-16-6-2-5-9-21(16)30(22)24/h2-15,22-24H,1H3/t22-,23-,24-/m0/s1. The lowest BCUT2D eigenvalue weighted by molar-refractivity contribution is -0.142. The van der Waals surface area contributed by atoms with E-state index in [1.807, 2.05) is 41.3 Å². The molecule has 3 atom stereocenters. The van der Waals surface area contributed by atoms with Crippen molar-refractivity contribution in [1.29, 1.82) is 0 Å². The van der Waals surface area contributed by atoms with Gasteiger partial charge < -0.3 is 9.64 Å². The van der Waals surface area contributed by atoms with Gasteiger partial charge in [0.2, 0.25) is 0 Å². The molecule has 0 amide bonds. The Morgan fingerprint density at radius 2 is 1.53 bits per heavy atom. The number of ketones is 2. The minimum atomic E-state index is -1.51. The molecule has 0 saturated carbocycles. The Morgan fingerprint density at radius 3 is 2.18 bits per heavy atom. The largest absolute Gasteiger partial charge is 0.467 e. The Morgan fingerprint density at radius 1 is 0.912 bits per heavy atom. The highest BCUT2D eigenvalue weighted by atomic mass is 35.5. The van der Waals surface area contributed by atoms with E-state index < -0.39 is 29.4 Å². The molecule has 3 aromatic carbocycles. The monoisotopic (exact) mass is 469 g/mol. The number of carbonyl (C=O) groups is 3. The van der Waals surface area contributed by atoms with Gasteiger partial charge in [-0.1, -0.05) is 78.4 Å². The average molecular weight is 470 g/mol. The molecule has 2 aliphatic heterocycles. The molecule has 3 aliphatic rings. The van der Waals surface area contributed by atoms with E-state index in [2.05, 4.69) is 0 Å². The van der Waals surface area contributed by atoms with Crippen LogP contribution >= 0.6 is 11.6 Å². The second-order valence-electron chi connectivity index (χ2n) is 8.84. The molecule has 0 N–H and O–H groups in total. The Labute approximate surface area is 201 Å². The molecule has 1 spiro atoms. The van der Waals surface area contributed by atoms with Gasteiger partial charge in [0.05, 0.1) is 13.2 Å². The number of fused-ring (bicyclic) bond motifs is 5. The van der Waals surface area contributed by atoms with Gasteiger partial charge in [-0.25, -0.2) is 4.79 Å². The van der Waals surface area contributed by atoms with E-state index >= 15 is 0 Å². The first-order valence-electron chi connectivity index (χ1n) is 11.1. The minimum absolute atomic E-state index is 0.265. The van der Waals surface area contributed by atoms with E-state index in [1.165, 1.54) is 7.11 Å². The molecule has 0 aromatic heterocycles. The Balaban J connectivity index is 1.69. The van der Waals surface area contributed by atoms with Gasteiger partial charge in [0.15, 0.2) is 11.6 Å². The number of methoxy groups -OCH3 is 1. The highest BCUT2D eigenvalue weighted by Gasteiger charge is 2.71. The molecule has 5 nitrogen and oxygen atoms in total. The van der Waals surface area contributed by atoms with Crippen molar-refractivity contribution in [2.24, 2.45) is 5.41 Å². The van der Waals surface area contributed by atoms with Crippen LogP contribution in [0, 0.1) is 5.41 Å². The fourth-order valence-corrected chi connectivity index (χ4v) is 6.18. The number of hydrogen-bond donors (Lipinski definition) is 0. The summed E-state index contributed by atoms with van der Waals surface area (Å²) in [5.74, 6) is -1.80. The van der Waals surface area contributed by atoms with E-state index in [1.54, 1.807) is 48.5 Å². The lowest BCUT2D eigenvalue weighted by atomic mass is 9.65. The van der Waals surface area contributed by atoms with Crippen molar-refractivity contribution in [3.8, 4) is 0 Å². The van der Waals surface area contributed by atoms with E-state index in [0.29, 0.717) is 21.7 Å². The summed E-state index contributed by atoms with van der Waals surface area (Å²) in [5.41, 5.74) is 1.66. The molecular weight excluding hydrogens is 450 g/mol. The number of anilines is 1. The molecule has 0 bridgehead atoms. The van der Waals surface area contributed by atoms with Gasteiger partial charge in [-0.15, -0.1) is 0 Å². The van der Waals surface area contributed by atoms with Crippen LogP contribution in [0.4, 0.5) is 5.69 Å². The molecule has 6 heteroatoms. The molecule has 1 saturated heterocycles. The molecule has 1 aliphatic carbocycles. The number of halogens is 1. The quantitative estimate of drug-likeness (QED) is 0.392. The molecule has 6 rings (SSSR count). The van der Waals surface area contributed by atoms with Crippen molar-refractivity contribution >= 4 is 40.9 Å². The van der Waals surface area contributed by atoms with Crippen molar-refractivity contribution < 1.29 is 19.1 Å². The summed E-state index contributed by atoms with van der Waals surface area (Å²) in [5, 5.41) is 0.528. The van der Waals surface area contributed by atoms with Crippen LogP contribution in [0.25, 0.3) is 6.08 Å². The predicted molar refractivity (Wildman–Crippen MR) is 129 cm³/mol. The van der Waals surface area contributed by atoms with Gasteiger partial charge in [-0.2, -0.15) is 0 Å². The number of Topliss-reactive ketones (excluding diaryl/α,β-unsaturated/α-hetero) is 2. The predicted octanol–water partition coefficient (Wildman–Crippen LogP) is 4.95. The van der Waals surface area contributed by atoms with Gasteiger partial charge in [0.25, 0.3) is 0 Å². The maximum Gasteiger partial charge on any atom is 0.329 e. The summed E-state index contributed by atoms with van der Waals surface area (Å²) < 4.78 is 5.27. The molecular formula is C28H20ClNO4. The Kier molecular flexibility index (Phi) is 4.55. The van der Waals surface area contributed by atoms with E-state index in [0.717, 1.165) is 11.3 Å². The highest BCUT2D eigenvalue weighted by Crippen LogP contribution is 2.60. The van der Waals surface area contributed by atoms with Crippen molar-refractivity contribution in [3.63, 3.8) is 0 Å². The fourth-order valence-electron chi connectivity index (χ4n) is 6.05. The summed E-state index contributed by atoms with van der Waals surface area (Å²) in [4.78, 5) is 43.8. The fraction of sp³-hybridized carbons (Fsp3) is 0.179. The first-order valence-corrected chi connectivity index (χ1v) is 11.5. The zero-order valence-electron chi connectivity index (χ0n) is 18.3. The average Bonchev–Trinajstić information content (AvgIpc) is 3.31. The van der Waals surface area contributed by atoms with Crippen molar-refractivity contribution in [3.05, 3.63) is 106 Å². The normalized spacial score (nSPS) is 23.6. The summed E-state index contributed by atoms with van der Waals surface area (Å²) in [7, 11) is 1.33. The second kappa shape index (κ2) is 7.40. The third-order valence-corrected chi connectivity index (χ3v) is 7.64. The minimum Gasteiger partial charge on any atom is -0.467 e. The lowest BCUT2D eigenvalue weighted by Gasteiger charge is -2.36. The van der Waals surface area contributed by atoms with Crippen molar-refractivity contribution in [1.82, 2.24) is 0 Å². The number of benzene rings is 3. The Bertz CT molecular complexity index is 1360. The van der Waals surface area contributed by atoms with Crippen LogP contribution in [0.1, 0.15) is 37.8 Å². The number of ether oxygens (including phenoxy) is 1. The maximum atomic E-state index is 14.2. The molecule has 3 aromatic rings. The number of carbonyl (C=O) groups excluding carboxylic acids is 3. The van der Waals surface area contributed by atoms with E-state index in [-0.39, 0.29) is 11.6 Å². The van der Waals surface area contributed by atoms with Gasteiger partial charge in [0.1, 0.15) is 11.5 Å². The molecule has 1 fully saturated rings. The van der Waals surface area contributed by atoms with Gasteiger partial charge in [0, 0.05) is 27.8 Å². The lowest BCUT2D eigenvalue weighted by Crippen LogP contribution is -2.48. The summed E-state index contributed by atoms with van der Waals surface area (Å²) in [6, 6.07) is 20.1. The SMILES string of the molecule is COC(=O)[C@@H]1[C@H](c2ccc(Cl)cc2)C2(C(=O)c3ccccc3C2=O)[C@@H]2C=Cc3ccccc3N12. The summed E-state index contributed by atoms with van der Waals surface area (Å²) in [6.45, 7) is 0. The zero-order chi connectivity index (χ0) is 23.6. The number of para-hydroxylation sites is 1. The number of hydrogen-bond acceptors (Lipinski definition) is 5. The number of nitrogens with zero attached hydrogens (tertiary/aromatic N) is 1. The van der Waals surface area contributed by atoms with Gasteiger partial charge in [-0.3, -0.25) is 9.59 Å². The molecule has 2 heterocycles. The van der Waals surface area contributed by atoms with Crippen LogP contribution in [-0.4, -0.2) is 36.7 Å². The molecule has 168 valence electrons. The summed E-state index contributed by atoms with van der Waals surface area (Å²) in [6.07, 6.45) is 3.82. The van der Waals surface area contributed by atoms with E-state index in [4.69, 9.17) is 16.3 Å². The molecule has 34 heavy (non-hydrogen) atoms.